The molecule has 0 fully saturated rings. The maximum absolute atomic E-state index is 12.0. The van der Waals surface area contributed by atoms with E-state index in [4.69, 9.17) is 12.2 Å². The van der Waals surface area contributed by atoms with E-state index in [2.05, 4.69) is 47.0 Å². The van der Waals surface area contributed by atoms with Gasteiger partial charge >= 0.3 is 0 Å². The third-order valence-electron chi connectivity index (χ3n) is 4.02. The molecule has 2 N–H and O–H groups in total. The Labute approximate surface area is 149 Å². The van der Waals surface area contributed by atoms with Gasteiger partial charge in [0.25, 0.3) is 5.91 Å². The fourth-order valence-electron chi connectivity index (χ4n) is 2.96. The predicted molar refractivity (Wildman–Crippen MR) is 103 cm³/mol. The molecule has 1 aliphatic carbocycles. The van der Waals surface area contributed by atoms with Gasteiger partial charge in [-0.2, -0.15) is 0 Å². The van der Waals surface area contributed by atoms with Crippen molar-refractivity contribution in [3.05, 3.63) is 76.0 Å². The van der Waals surface area contributed by atoms with Crippen molar-refractivity contribution in [2.24, 2.45) is 0 Å². The minimum absolute atomic E-state index is 0.184. The van der Waals surface area contributed by atoms with E-state index in [9.17, 15) is 4.79 Å². The van der Waals surface area contributed by atoms with E-state index < -0.39 is 0 Å². The molecule has 1 heterocycles. The lowest BCUT2D eigenvalue weighted by atomic mass is 10.1. The molecular weight excluding hydrogens is 336 g/mol. The number of carbonyl (C=O) groups excluding carboxylic acids is 1. The van der Waals surface area contributed by atoms with Gasteiger partial charge in [0.2, 0.25) is 0 Å². The van der Waals surface area contributed by atoms with Crippen LogP contribution in [0.4, 0.5) is 5.69 Å². The van der Waals surface area contributed by atoms with Crippen molar-refractivity contribution < 1.29 is 4.79 Å². The minimum atomic E-state index is -0.184. The molecule has 1 aromatic heterocycles. The number of fused-ring (bicyclic) bond motifs is 3. The molecule has 0 saturated heterocycles. The van der Waals surface area contributed by atoms with Crippen LogP contribution < -0.4 is 10.6 Å². The predicted octanol–water partition coefficient (Wildman–Crippen LogP) is 4.45. The Morgan fingerprint density at radius 1 is 1.00 bits per heavy atom. The zero-order valence-corrected chi connectivity index (χ0v) is 14.3. The third kappa shape index (κ3) is 2.84. The van der Waals surface area contributed by atoms with Crippen LogP contribution in [-0.4, -0.2) is 11.0 Å². The van der Waals surface area contributed by atoms with Gasteiger partial charge in [-0.25, -0.2) is 0 Å². The highest BCUT2D eigenvalue weighted by atomic mass is 32.1. The van der Waals surface area contributed by atoms with Gasteiger partial charge in [0.05, 0.1) is 4.88 Å². The number of benzene rings is 2. The molecule has 3 aromatic rings. The summed E-state index contributed by atoms with van der Waals surface area (Å²) in [7, 11) is 0. The zero-order chi connectivity index (χ0) is 16.5. The number of amides is 1. The summed E-state index contributed by atoms with van der Waals surface area (Å²) in [5.74, 6) is -0.184. The molecule has 1 aliphatic rings. The van der Waals surface area contributed by atoms with Crippen molar-refractivity contribution in [1.82, 2.24) is 5.32 Å². The van der Waals surface area contributed by atoms with Gasteiger partial charge in [-0.3, -0.25) is 10.1 Å². The Hall–Kier alpha value is -2.50. The Morgan fingerprint density at radius 2 is 1.83 bits per heavy atom. The summed E-state index contributed by atoms with van der Waals surface area (Å²) < 4.78 is 0. The molecule has 0 bridgehead atoms. The fraction of sp³-hybridized carbons (Fsp3) is 0.0526. The first-order chi connectivity index (χ1) is 11.7. The molecule has 3 nitrogen and oxygen atoms in total. The van der Waals surface area contributed by atoms with Crippen molar-refractivity contribution in [1.29, 1.82) is 0 Å². The molecule has 0 radical (unpaired) electrons. The summed E-state index contributed by atoms with van der Waals surface area (Å²) >= 11 is 6.63. The van der Waals surface area contributed by atoms with Crippen LogP contribution in [0.25, 0.3) is 11.1 Å². The summed E-state index contributed by atoms with van der Waals surface area (Å²) in [5.41, 5.74) is 6.07. The fourth-order valence-corrected chi connectivity index (χ4v) is 3.79. The van der Waals surface area contributed by atoms with Crippen LogP contribution in [0, 0.1) is 0 Å². The van der Waals surface area contributed by atoms with Crippen LogP contribution in [0.1, 0.15) is 20.8 Å². The van der Waals surface area contributed by atoms with Gasteiger partial charge in [-0.05, 0) is 64.5 Å². The smallest absolute Gasteiger partial charge is 0.267 e. The number of hydrogen-bond acceptors (Lipinski definition) is 3. The normalized spacial score (nSPS) is 11.5. The second kappa shape index (κ2) is 6.19. The first-order valence-electron chi connectivity index (χ1n) is 7.58. The molecule has 24 heavy (non-hydrogen) atoms. The average Bonchev–Trinajstić information content (AvgIpc) is 3.22. The van der Waals surface area contributed by atoms with Gasteiger partial charge in [-0.1, -0.05) is 36.4 Å². The van der Waals surface area contributed by atoms with E-state index in [1.807, 2.05) is 17.5 Å². The number of hydrogen-bond donors (Lipinski definition) is 2. The maximum atomic E-state index is 12.0. The average molecular weight is 350 g/mol. The van der Waals surface area contributed by atoms with Gasteiger partial charge < -0.3 is 5.32 Å². The van der Waals surface area contributed by atoms with E-state index in [0.29, 0.717) is 9.99 Å². The summed E-state index contributed by atoms with van der Waals surface area (Å²) in [5, 5.41) is 7.98. The van der Waals surface area contributed by atoms with Crippen molar-refractivity contribution >= 4 is 40.3 Å². The zero-order valence-electron chi connectivity index (χ0n) is 12.7. The lowest BCUT2D eigenvalue weighted by Crippen LogP contribution is -2.33. The van der Waals surface area contributed by atoms with Crippen LogP contribution in [-0.2, 0) is 6.42 Å². The molecule has 118 valence electrons. The number of rotatable bonds is 2. The first kappa shape index (κ1) is 15.1. The van der Waals surface area contributed by atoms with Crippen LogP contribution in [0.15, 0.2) is 60.0 Å². The molecule has 2 aromatic carbocycles. The van der Waals surface area contributed by atoms with E-state index in [-0.39, 0.29) is 5.91 Å². The van der Waals surface area contributed by atoms with E-state index in [1.54, 1.807) is 6.07 Å². The van der Waals surface area contributed by atoms with Crippen LogP contribution in [0.5, 0.6) is 0 Å². The Bertz CT molecular complexity index is 932. The Balaban J connectivity index is 1.48. The van der Waals surface area contributed by atoms with Crippen LogP contribution >= 0.6 is 23.6 Å². The summed E-state index contributed by atoms with van der Waals surface area (Å²) in [6, 6.07) is 18.3. The van der Waals surface area contributed by atoms with Gasteiger partial charge in [0.15, 0.2) is 5.11 Å². The monoisotopic (exact) mass is 350 g/mol. The van der Waals surface area contributed by atoms with Gasteiger partial charge in [0.1, 0.15) is 0 Å². The van der Waals surface area contributed by atoms with E-state index >= 15 is 0 Å². The number of thiophene rings is 1. The second-order valence-electron chi connectivity index (χ2n) is 5.59. The summed E-state index contributed by atoms with van der Waals surface area (Å²) in [4.78, 5) is 12.7. The molecule has 0 saturated carbocycles. The number of thiocarbonyl (C=S) groups is 1. The highest BCUT2D eigenvalue weighted by Crippen LogP contribution is 2.37. The molecule has 0 aliphatic heterocycles. The SMILES string of the molecule is O=C(NC(=S)Nc1ccc2c(c1)Cc1ccccc1-2)c1cccs1. The maximum Gasteiger partial charge on any atom is 0.267 e. The quantitative estimate of drug-likeness (QED) is 0.525. The highest BCUT2D eigenvalue weighted by molar-refractivity contribution is 7.80. The first-order valence-corrected chi connectivity index (χ1v) is 8.86. The van der Waals surface area contributed by atoms with Gasteiger partial charge in [-0.15, -0.1) is 11.3 Å². The van der Waals surface area contributed by atoms with Crippen molar-refractivity contribution in [3.8, 4) is 11.1 Å². The molecule has 0 atom stereocenters. The second-order valence-corrected chi connectivity index (χ2v) is 6.95. The van der Waals surface area contributed by atoms with Gasteiger partial charge in [0, 0.05) is 5.69 Å². The van der Waals surface area contributed by atoms with E-state index in [0.717, 1.165) is 12.1 Å². The van der Waals surface area contributed by atoms with E-state index in [1.165, 1.54) is 33.6 Å². The topological polar surface area (TPSA) is 41.1 Å². The third-order valence-corrected chi connectivity index (χ3v) is 5.10. The molecule has 0 spiro atoms. The molecule has 1 amide bonds. The summed E-state index contributed by atoms with van der Waals surface area (Å²) in [6.45, 7) is 0. The van der Waals surface area contributed by atoms with Crippen molar-refractivity contribution in [2.75, 3.05) is 5.32 Å². The van der Waals surface area contributed by atoms with Crippen LogP contribution in [0.2, 0.25) is 0 Å². The lowest BCUT2D eigenvalue weighted by Gasteiger charge is -2.10. The number of nitrogens with one attached hydrogen (secondary N) is 2. The Morgan fingerprint density at radius 3 is 2.67 bits per heavy atom. The minimum Gasteiger partial charge on any atom is -0.332 e. The standard InChI is InChI=1S/C19H14N2OS2/c22-18(17-6-3-9-24-17)21-19(23)20-14-7-8-16-13(11-14)10-12-4-1-2-5-15(12)16/h1-9,11H,10H2,(H2,20,21,22,23). The molecular formula is C19H14N2OS2. The Kier molecular flexibility index (Phi) is 3.88. The largest absolute Gasteiger partial charge is 0.332 e. The number of anilines is 1. The molecule has 4 rings (SSSR count). The number of carbonyl (C=O) groups is 1. The van der Waals surface area contributed by atoms with Crippen molar-refractivity contribution in [2.45, 2.75) is 6.42 Å². The van der Waals surface area contributed by atoms with Crippen molar-refractivity contribution in [3.63, 3.8) is 0 Å². The molecule has 0 unspecified atom stereocenters. The lowest BCUT2D eigenvalue weighted by molar-refractivity contribution is 0.0981. The van der Waals surface area contributed by atoms with Crippen LogP contribution in [0.3, 0.4) is 0 Å². The highest BCUT2D eigenvalue weighted by Gasteiger charge is 2.18. The summed E-state index contributed by atoms with van der Waals surface area (Å²) in [6.07, 6.45) is 0.926. The molecule has 5 heteroatoms.